The van der Waals surface area contributed by atoms with E-state index >= 15 is 0 Å². The zero-order valence-corrected chi connectivity index (χ0v) is 11.9. The average Bonchev–Trinajstić information content (AvgIpc) is 3.10. The van der Waals surface area contributed by atoms with Crippen LogP contribution in [0.25, 0.3) is 0 Å². The number of rotatable bonds is 5. The highest BCUT2D eigenvalue weighted by atomic mass is 79.9. The minimum Gasteiger partial charge on any atom is -0.504 e. The fraction of sp³-hybridized carbons (Fsp3) is 0.462. The molecule has 1 saturated carbocycles. The molecule has 1 atom stereocenters. The van der Waals surface area contributed by atoms with E-state index in [0.717, 1.165) is 12.8 Å². The van der Waals surface area contributed by atoms with Crippen molar-refractivity contribution in [3.05, 3.63) is 21.9 Å². The Labute approximate surface area is 118 Å². The molecule has 0 aliphatic heterocycles. The van der Waals surface area contributed by atoms with E-state index in [-0.39, 0.29) is 29.4 Å². The number of halogens is 2. The lowest BCUT2D eigenvalue weighted by Crippen LogP contribution is -2.11. The SMILES string of the molecule is COc1c(Br)cc(F)c(C(CC(=O)O)C2CC2)c1O. The summed E-state index contributed by atoms with van der Waals surface area (Å²) in [5, 5.41) is 19.1. The normalized spacial score (nSPS) is 16.2. The molecule has 0 heterocycles. The van der Waals surface area contributed by atoms with Crippen molar-refractivity contribution in [3.8, 4) is 11.5 Å². The molecule has 2 N–H and O–H groups in total. The van der Waals surface area contributed by atoms with Crippen LogP contribution in [-0.4, -0.2) is 23.3 Å². The van der Waals surface area contributed by atoms with Crippen LogP contribution in [0.1, 0.15) is 30.7 Å². The van der Waals surface area contributed by atoms with Crippen molar-refractivity contribution < 1.29 is 24.1 Å². The molecular weight excluding hydrogens is 319 g/mol. The number of aliphatic carboxylic acids is 1. The second-order valence-corrected chi connectivity index (χ2v) is 5.53. The summed E-state index contributed by atoms with van der Waals surface area (Å²) in [7, 11) is 1.37. The van der Waals surface area contributed by atoms with E-state index in [0.29, 0.717) is 4.47 Å². The van der Waals surface area contributed by atoms with Crippen molar-refractivity contribution >= 4 is 21.9 Å². The van der Waals surface area contributed by atoms with Gasteiger partial charge in [-0.1, -0.05) is 0 Å². The number of methoxy groups -OCH3 is 1. The van der Waals surface area contributed by atoms with E-state index in [1.807, 2.05) is 0 Å². The second-order valence-electron chi connectivity index (χ2n) is 4.68. The predicted octanol–water partition coefficient (Wildman–Crippen LogP) is 3.27. The van der Waals surface area contributed by atoms with Crippen LogP contribution < -0.4 is 4.74 Å². The number of aromatic hydroxyl groups is 1. The highest BCUT2D eigenvalue weighted by Gasteiger charge is 2.38. The van der Waals surface area contributed by atoms with Crippen LogP contribution in [0.15, 0.2) is 10.5 Å². The Balaban J connectivity index is 2.49. The number of hydrogen-bond donors (Lipinski definition) is 2. The van der Waals surface area contributed by atoms with Gasteiger partial charge in [0.05, 0.1) is 18.0 Å². The molecule has 104 valence electrons. The molecule has 6 heteroatoms. The summed E-state index contributed by atoms with van der Waals surface area (Å²) in [4.78, 5) is 10.9. The Kier molecular flexibility index (Phi) is 3.99. The monoisotopic (exact) mass is 332 g/mol. The highest BCUT2D eigenvalue weighted by Crippen LogP contribution is 2.51. The van der Waals surface area contributed by atoms with Crippen LogP contribution in [0.3, 0.4) is 0 Å². The Morgan fingerprint density at radius 2 is 2.26 bits per heavy atom. The van der Waals surface area contributed by atoms with Crippen LogP contribution >= 0.6 is 15.9 Å². The lowest BCUT2D eigenvalue weighted by molar-refractivity contribution is -0.137. The predicted molar refractivity (Wildman–Crippen MR) is 70.0 cm³/mol. The van der Waals surface area contributed by atoms with E-state index in [1.165, 1.54) is 13.2 Å². The molecule has 19 heavy (non-hydrogen) atoms. The summed E-state index contributed by atoms with van der Waals surface area (Å²) in [6.07, 6.45) is 1.52. The molecule has 1 aromatic rings. The molecule has 0 bridgehead atoms. The first-order chi connectivity index (χ1) is 8.95. The zero-order valence-electron chi connectivity index (χ0n) is 10.3. The van der Waals surface area contributed by atoms with Crippen LogP contribution in [0.2, 0.25) is 0 Å². The molecule has 1 unspecified atom stereocenters. The number of ether oxygens (including phenoxy) is 1. The smallest absolute Gasteiger partial charge is 0.303 e. The Morgan fingerprint density at radius 1 is 1.63 bits per heavy atom. The maximum Gasteiger partial charge on any atom is 0.303 e. The van der Waals surface area contributed by atoms with Crippen LogP contribution in [-0.2, 0) is 4.79 Å². The number of phenolic OH excluding ortho intramolecular Hbond substituents is 1. The topological polar surface area (TPSA) is 66.8 Å². The Hall–Kier alpha value is -1.30. The van der Waals surface area contributed by atoms with Crippen LogP contribution in [0.5, 0.6) is 11.5 Å². The first kappa shape index (κ1) is 14.1. The summed E-state index contributed by atoms with van der Waals surface area (Å²) in [5.41, 5.74) is 0.0463. The summed E-state index contributed by atoms with van der Waals surface area (Å²) in [6.45, 7) is 0. The van der Waals surface area contributed by atoms with Gasteiger partial charge in [0.2, 0.25) is 0 Å². The standard InChI is InChI=1S/C13H14BrFO4/c1-19-13-8(14)5-9(15)11(12(13)18)7(4-10(16)17)6-2-3-6/h5-7,18H,2-4H2,1H3,(H,16,17). The minimum atomic E-state index is -1.00. The van der Waals surface area contributed by atoms with E-state index < -0.39 is 17.7 Å². The number of carboxylic acid groups (broad SMARTS) is 1. The van der Waals surface area contributed by atoms with Gasteiger partial charge in [-0.05, 0) is 40.8 Å². The molecular formula is C13H14BrFO4. The fourth-order valence-electron chi connectivity index (χ4n) is 2.34. The largest absolute Gasteiger partial charge is 0.504 e. The van der Waals surface area contributed by atoms with E-state index in [2.05, 4.69) is 15.9 Å². The van der Waals surface area contributed by atoms with Gasteiger partial charge >= 0.3 is 5.97 Å². The molecule has 4 nitrogen and oxygen atoms in total. The van der Waals surface area contributed by atoms with Crippen molar-refractivity contribution in [2.45, 2.75) is 25.2 Å². The number of benzene rings is 1. The number of carbonyl (C=O) groups is 1. The zero-order chi connectivity index (χ0) is 14.2. The molecule has 0 radical (unpaired) electrons. The van der Waals surface area contributed by atoms with Gasteiger partial charge in [-0.25, -0.2) is 4.39 Å². The van der Waals surface area contributed by atoms with Gasteiger partial charge in [0, 0.05) is 11.5 Å². The summed E-state index contributed by atoms with van der Waals surface area (Å²) < 4.78 is 19.4. The molecule has 0 amide bonds. The Morgan fingerprint density at radius 3 is 2.74 bits per heavy atom. The molecule has 0 aromatic heterocycles. The van der Waals surface area contributed by atoms with Crippen molar-refractivity contribution in [2.75, 3.05) is 7.11 Å². The number of phenols is 1. The third kappa shape index (κ3) is 2.83. The third-order valence-electron chi connectivity index (χ3n) is 3.36. The summed E-state index contributed by atoms with van der Waals surface area (Å²) >= 11 is 3.10. The van der Waals surface area contributed by atoms with Crippen molar-refractivity contribution in [1.29, 1.82) is 0 Å². The fourth-order valence-corrected chi connectivity index (χ4v) is 2.89. The Bertz CT molecular complexity index is 514. The number of carboxylic acids is 1. The van der Waals surface area contributed by atoms with E-state index in [9.17, 15) is 14.3 Å². The van der Waals surface area contributed by atoms with Gasteiger partial charge in [-0.15, -0.1) is 0 Å². The molecule has 1 aromatic carbocycles. The average molecular weight is 333 g/mol. The van der Waals surface area contributed by atoms with Crippen molar-refractivity contribution in [2.24, 2.45) is 5.92 Å². The van der Waals surface area contributed by atoms with Crippen LogP contribution in [0.4, 0.5) is 4.39 Å². The van der Waals surface area contributed by atoms with E-state index in [4.69, 9.17) is 9.84 Å². The molecule has 0 spiro atoms. The lowest BCUT2D eigenvalue weighted by atomic mass is 9.89. The van der Waals surface area contributed by atoms with Crippen LogP contribution in [0, 0.1) is 11.7 Å². The first-order valence-electron chi connectivity index (χ1n) is 5.92. The third-order valence-corrected chi connectivity index (χ3v) is 3.95. The van der Waals surface area contributed by atoms with Gasteiger partial charge in [-0.3, -0.25) is 4.79 Å². The maximum atomic E-state index is 14.1. The quantitative estimate of drug-likeness (QED) is 0.868. The molecule has 1 aliphatic carbocycles. The molecule has 1 aliphatic rings. The minimum absolute atomic E-state index is 0.0463. The van der Waals surface area contributed by atoms with Gasteiger partial charge < -0.3 is 14.9 Å². The maximum absolute atomic E-state index is 14.1. The van der Waals surface area contributed by atoms with Gasteiger partial charge in [0.15, 0.2) is 11.5 Å². The summed E-state index contributed by atoms with van der Waals surface area (Å²) in [5.74, 6) is -2.19. The van der Waals surface area contributed by atoms with E-state index in [1.54, 1.807) is 0 Å². The number of hydrogen-bond acceptors (Lipinski definition) is 3. The van der Waals surface area contributed by atoms with Crippen molar-refractivity contribution in [3.63, 3.8) is 0 Å². The summed E-state index contributed by atoms with van der Waals surface area (Å²) in [6, 6.07) is 1.20. The highest BCUT2D eigenvalue weighted by molar-refractivity contribution is 9.10. The molecule has 0 saturated heterocycles. The van der Waals surface area contributed by atoms with Crippen molar-refractivity contribution in [1.82, 2.24) is 0 Å². The van der Waals surface area contributed by atoms with Gasteiger partial charge in [0.25, 0.3) is 0 Å². The lowest BCUT2D eigenvalue weighted by Gasteiger charge is -2.19. The van der Waals surface area contributed by atoms with Gasteiger partial charge in [-0.2, -0.15) is 0 Å². The second kappa shape index (κ2) is 5.36. The van der Waals surface area contributed by atoms with Gasteiger partial charge in [0.1, 0.15) is 5.82 Å². The molecule has 2 rings (SSSR count). The molecule has 1 fully saturated rings. The first-order valence-corrected chi connectivity index (χ1v) is 6.71.